The molecule has 5 aliphatic rings. The number of hydrogen-bond donors (Lipinski definition) is 3. The van der Waals surface area contributed by atoms with Crippen LogP contribution in [0.4, 0.5) is 4.39 Å². The highest BCUT2D eigenvalue weighted by Crippen LogP contribution is 2.65. The second-order valence-corrected chi connectivity index (χ2v) is 11.8. The Hall–Kier alpha value is -2.00. The zero-order chi connectivity index (χ0) is 22.2. The van der Waals surface area contributed by atoms with E-state index in [1.54, 1.807) is 6.92 Å². The van der Waals surface area contributed by atoms with Gasteiger partial charge in [0.25, 0.3) is 0 Å². The van der Waals surface area contributed by atoms with E-state index in [1.807, 2.05) is 0 Å². The van der Waals surface area contributed by atoms with Crippen molar-refractivity contribution in [2.45, 2.75) is 68.3 Å². The molecule has 4 N–H and O–H groups in total. The molecular weight excluding hydrogens is 421 g/mol. The smallest absolute Gasteiger partial charge is 0.244 e. The zero-order valence-electron chi connectivity index (χ0n) is 17.5. The summed E-state index contributed by atoms with van der Waals surface area (Å²) in [6, 6.07) is 3.72. The minimum absolute atomic E-state index is 0.0145. The molecule has 0 aromatic heterocycles. The van der Waals surface area contributed by atoms with Crippen LogP contribution in [0.1, 0.15) is 50.5 Å². The Labute approximate surface area is 181 Å². The molecule has 0 radical (unpaired) electrons. The zero-order valence-corrected chi connectivity index (χ0v) is 18.3. The van der Waals surface area contributed by atoms with Crippen LogP contribution in [0, 0.1) is 35.9 Å². The third-order valence-electron chi connectivity index (χ3n) is 8.29. The molecule has 31 heavy (non-hydrogen) atoms. The maximum absolute atomic E-state index is 14.2. The van der Waals surface area contributed by atoms with Gasteiger partial charge < -0.3 is 11.1 Å². The summed E-state index contributed by atoms with van der Waals surface area (Å²) in [4.78, 5) is 25.1. The van der Waals surface area contributed by atoms with E-state index in [0.717, 1.165) is 25.3 Å². The predicted octanol–water partition coefficient (Wildman–Crippen LogP) is 1.74. The number of rotatable bonds is 6. The number of primary amides is 1. The fourth-order valence-electron chi connectivity index (χ4n) is 6.75. The number of benzene rings is 1. The molecule has 1 aromatic rings. The number of hydrogen-bond acceptors (Lipinski definition) is 4. The lowest BCUT2D eigenvalue weighted by molar-refractivity contribution is -0.133. The van der Waals surface area contributed by atoms with Crippen LogP contribution in [-0.2, 0) is 19.6 Å². The molecule has 0 aliphatic heterocycles. The number of nitrogens with two attached hydrogens (primary N) is 1. The van der Waals surface area contributed by atoms with Gasteiger partial charge in [0, 0.05) is 6.04 Å². The Bertz CT molecular complexity index is 1070. The number of sulfonamides is 1. The van der Waals surface area contributed by atoms with E-state index in [1.165, 1.54) is 12.1 Å². The van der Waals surface area contributed by atoms with E-state index in [0.29, 0.717) is 37.2 Å². The van der Waals surface area contributed by atoms with Crippen LogP contribution in [0.2, 0.25) is 0 Å². The summed E-state index contributed by atoms with van der Waals surface area (Å²) in [6.45, 7) is 1.68. The van der Waals surface area contributed by atoms with Gasteiger partial charge in [-0.05, 0) is 87.3 Å². The minimum atomic E-state index is -4.22. The molecule has 5 saturated carbocycles. The van der Waals surface area contributed by atoms with Gasteiger partial charge in [0.05, 0.1) is 5.41 Å². The monoisotopic (exact) mass is 449 g/mol. The van der Waals surface area contributed by atoms with E-state index in [9.17, 15) is 22.4 Å². The number of halogens is 1. The van der Waals surface area contributed by atoms with Gasteiger partial charge >= 0.3 is 0 Å². The molecule has 0 heterocycles. The number of nitrogens with one attached hydrogen (secondary N) is 2. The molecule has 4 unspecified atom stereocenters. The maximum atomic E-state index is 14.2. The van der Waals surface area contributed by atoms with Crippen LogP contribution in [0.3, 0.4) is 0 Å². The number of carbonyl (C=O) groups excluding carboxylic acids is 2. The van der Waals surface area contributed by atoms with Crippen molar-refractivity contribution in [2.24, 2.45) is 28.9 Å². The largest absolute Gasteiger partial charge is 0.369 e. The summed E-state index contributed by atoms with van der Waals surface area (Å²) in [7, 11) is -4.22. The number of carbonyl (C=O) groups is 2. The Balaban J connectivity index is 1.38. The summed E-state index contributed by atoms with van der Waals surface area (Å²) in [5.74, 6) is -0.824. The lowest BCUT2D eigenvalue weighted by Crippen LogP contribution is -2.65. The minimum Gasteiger partial charge on any atom is -0.369 e. The lowest BCUT2D eigenvalue weighted by atomic mass is 9.74. The Kier molecular flexibility index (Phi) is 4.54. The lowest BCUT2D eigenvalue weighted by Gasteiger charge is -2.42. The van der Waals surface area contributed by atoms with Gasteiger partial charge in [0.1, 0.15) is 16.3 Å². The van der Waals surface area contributed by atoms with Crippen LogP contribution in [-0.4, -0.2) is 31.8 Å². The maximum Gasteiger partial charge on any atom is 0.244 e. The molecule has 6 rings (SSSR count). The van der Waals surface area contributed by atoms with Gasteiger partial charge in [-0.15, -0.1) is 0 Å². The van der Waals surface area contributed by atoms with E-state index in [4.69, 9.17) is 5.73 Å². The van der Waals surface area contributed by atoms with E-state index in [2.05, 4.69) is 10.0 Å². The first-order chi connectivity index (χ1) is 14.6. The summed E-state index contributed by atoms with van der Waals surface area (Å²) in [5, 5.41) is 3.09. The van der Waals surface area contributed by atoms with Crippen molar-refractivity contribution in [2.75, 3.05) is 0 Å². The molecule has 1 aromatic carbocycles. The highest BCUT2D eigenvalue weighted by Gasteiger charge is 2.66. The van der Waals surface area contributed by atoms with E-state index >= 15 is 0 Å². The second-order valence-electron chi connectivity index (χ2n) is 10.1. The Morgan fingerprint density at radius 1 is 1.19 bits per heavy atom. The van der Waals surface area contributed by atoms with E-state index < -0.39 is 31.7 Å². The van der Waals surface area contributed by atoms with Crippen molar-refractivity contribution < 1.29 is 22.4 Å². The predicted molar refractivity (Wildman–Crippen MR) is 111 cm³/mol. The molecule has 4 bridgehead atoms. The standard InChI is InChI=1S/C22H28FN3O4S/c1-12-3-4-16(23)17(7-12)31(29,30)26-22(5-2-6-22)20(28)25-18-14-8-13-9-15(18)21(10-13,11-14)19(24)27/h3-4,7,13-15,18,26H,2,5-6,8-11H2,1H3,(H2,24,27)(H,25,28)/t13?,14?,15?,18?,21-/m0/s1. The average molecular weight is 450 g/mol. The Morgan fingerprint density at radius 3 is 2.58 bits per heavy atom. The van der Waals surface area contributed by atoms with Crippen molar-refractivity contribution in [3.8, 4) is 0 Å². The van der Waals surface area contributed by atoms with Gasteiger partial charge in [0.15, 0.2) is 0 Å². The van der Waals surface area contributed by atoms with E-state index in [-0.39, 0.29) is 29.7 Å². The topological polar surface area (TPSA) is 118 Å². The fourth-order valence-corrected chi connectivity index (χ4v) is 8.33. The average Bonchev–Trinajstić information content (AvgIpc) is 3.05. The SMILES string of the molecule is Cc1ccc(F)c(S(=O)(=O)NC2(C(=O)NC3C4CC5CC3[C@](C(N)=O)(C5)C4)CCC2)c1. The first kappa shape index (κ1) is 20.9. The van der Waals surface area contributed by atoms with Gasteiger partial charge in [-0.25, -0.2) is 12.8 Å². The normalized spacial score (nSPS) is 35.0. The van der Waals surface area contributed by atoms with Gasteiger partial charge in [0.2, 0.25) is 21.8 Å². The van der Waals surface area contributed by atoms with Crippen LogP contribution >= 0.6 is 0 Å². The van der Waals surface area contributed by atoms with Crippen LogP contribution < -0.4 is 15.8 Å². The fraction of sp³-hybridized carbons (Fsp3) is 0.636. The number of amides is 2. The first-order valence-electron chi connectivity index (χ1n) is 11.0. The Morgan fingerprint density at radius 2 is 1.94 bits per heavy atom. The molecule has 5 fully saturated rings. The molecule has 2 amide bonds. The summed E-state index contributed by atoms with van der Waals surface area (Å²) >= 11 is 0. The van der Waals surface area contributed by atoms with Gasteiger partial charge in [-0.1, -0.05) is 6.07 Å². The first-order valence-corrected chi connectivity index (χ1v) is 12.5. The van der Waals surface area contributed by atoms with Crippen molar-refractivity contribution in [3.05, 3.63) is 29.6 Å². The van der Waals surface area contributed by atoms with Gasteiger partial charge in [-0.3, -0.25) is 9.59 Å². The van der Waals surface area contributed by atoms with Crippen molar-refractivity contribution in [1.82, 2.24) is 10.0 Å². The van der Waals surface area contributed by atoms with Crippen molar-refractivity contribution in [1.29, 1.82) is 0 Å². The molecule has 5 atom stereocenters. The summed E-state index contributed by atoms with van der Waals surface area (Å²) < 4.78 is 42.7. The quantitative estimate of drug-likeness (QED) is 0.613. The van der Waals surface area contributed by atoms with Crippen LogP contribution in [0.25, 0.3) is 0 Å². The van der Waals surface area contributed by atoms with Crippen molar-refractivity contribution in [3.63, 3.8) is 0 Å². The summed E-state index contributed by atoms with van der Waals surface area (Å²) in [6.07, 6.45) is 4.74. The van der Waals surface area contributed by atoms with Crippen molar-refractivity contribution >= 4 is 21.8 Å². The molecule has 0 saturated heterocycles. The highest BCUT2D eigenvalue weighted by atomic mass is 32.2. The second kappa shape index (κ2) is 6.75. The molecule has 5 aliphatic carbocycles. The third kappa shape index (κ3) is 3.03. The molecule has 168 valence electrons. The molecular formula is C22H28FN3O4S. The number of aryl methyl sites for hydroxylation is 1. The molecule has 9 heteroatoms. The molecule has 0 spiro atoms. The highest BCUT2D eigenvalue weighted by molar-refractivity contribution is 7.89. The third-order valence-corrected chi connectivity index (χ3v) is 9.84. The van der Waals surface area contributed by atoms with Crippen LogP contribution in [0.15, 0.2) is 23.1 Å². The van der Waals surface area contributed by atoms with Crippen LogP contribution in [0.5, 0.6) is 0 Å². The molecule has 7 nitrogen and oxygen atoms in total. The van der Waals surface area contributed by atoms with Gasteiger partial charge in [-0.2, -0.15) is 4.72 Å². The summed E-state index contributed by atoms with van der Waals surface area (Å²) in [5.41, 5.74) is 4.56.